The van der Waals surface area contributed by atoms with E-state index in [4.69, 9.17) is 16.7 Å². The van der Waals surface area contributed by atoms with Gasteiger partial charge in [-0.1, -0.05) is 32.4 Å². The number of hydrogen-bond acceptors (Lipinski definition) is 6. The SMILES string of the molecule is CC(=O)Nc1ccc(C(=O)N[C@H](C(=O)N2C3CC[C@@H](C3)C2C(=O)NC(C=O)CC(=O)O)C(C)(C)C)c(Cl)c1. The first-order valence-electron chi connectivity index (χ1n) is 12.4. The number of carboxylic acid groups (broad SMARTS) is 1. The maximum absolute atomic E-state index is 13.9. The van der Waals surface area contributed by atoms with Crippen molar-refractivity contribution in [3.8, 4) is 0 Å². The Hall–Kier alpha value is -3.47. The highest BCUT2D eigenvalue weighted by Gasteiger charge is 2.53. The number of hydrogen-bond donors (Lipinski definition) is 4. The van der Waals surface area contributed by atoms with Crippen LogP contribution in [0.3, 0.4) is 0 Å². The van der Waals surface area contributed by atoms with E-state index < -0.39 is 53.7 Å². The van der Waals surface area contributed by atoms with Crippen molar-refractivity contribution in [2.45, 2.75) is 77.5 Å². The smallest absolute Gasteiger partial charge is 0.305 e. The van der Waals surface area contributed by atoms with Crippen molar-refractivity contribution in [1.29, 1.82) is 0 Å². The van der Waals surface area contributed by atoms with Crippen molar-refractivity contribution in [2.24, 2.45) is 11.3 Å². The Kier molecular flexibility index (Phi) is 8.81. The van der Waals surface area contributed by atoms with Crippen molar-refractivity contribution < 1.29 is 33.9 Å². The quantitative estimate of drug-likeness (QED) is 0.343. The van der Waals surface area contributed by atoms with Gasteiger partial charge in [-0.15, -0.1) is 0 Å². The number of halogens is 1. The minimum atomic E-state index is -1.23. The van der Waals surface area contributed by atoms with Gasteiger partial charge in [0, 0.05) is 18.7 Å². The second-order valence-electron chi connectivity index (χ2n) is 10.9. The highest BCUT2D eigenvalue weighted by Crippen LogP contribution is 2.43. The van der Waals surface area contributed by atoms with Crippen LogP contribution in [0, 0.1) is 11.3 Å². The van der Waals surface area contributed by atoms with Gasteiger partial charge >= 0.3 is 5.97 Å². The van der Waals surface area contributed by atoms with Gasteiger partial charge < -0.3 is 30.8 Å². The Balaban J connectivity index is 1.84. The maximum Gasteiger partial charge on any atom is 0.305 e. The van der Waals surface area contributed by atoms with Gasteiger partial charge in [0.15, 0.2) is 0 Å². The summed E-state index contributed by atoms with van der Waals surface area (Å²) in [6.07, 6.45) is 1.83. The number of carboxylic acids is 1. The summed E-state index contributed by atoms with van der Waals surface area (Å²) in [5.74, 6) is -3.27. The average Bonchev–Trinajstić information content (AvgIpc) is 3.42. The number of nitrogens with one attached hydrogen (secondary N) is 3. The lowest BCUT2D eigenvalue weighted by Crippen LogP contribution is -2.61. The summed E-state index contributed by atoms with van der Waals surface area (Å²) in [7, 11) is 0. The predicted octanol–water partition coefficient (Wildman–Crippen LogP) is 1.98. The molecule has 0 aromatic heterocycles. The number of nitrogens with zero attached hydrogens (tertiary/aromatic N) is 1. The fourth-order valence-corrected chi connectivity index (χ4v) is 5.49. The largest absolute Gasteiger partial charge is 0.481 e. The molecule has 1 aliphatic heterocycles. The summed E-state index contributed by atoms with van der Waals surface area (Å²) in [4.78, 5) is 75.5. The van der Waals surface area contributed by atoms with E-state index in [1.165, 1.54) is 30.0 Å². The molecule has 3 rings (SSSR count). The van der Waals surface area contributed by atoms with Gasteiger partial charge in [0.1, 0.15) is 18.4 Å². The van der Waals surface area contributed by atoms with Gasteiger partial charge in [0.25, 0.3) is 5.91 Å². The van der Waals surface area contributed by atoms with Crippen LogP contribution in [0.1, 0.15) is 63.7 Å². The fourth-order valence-electron chi connectivity index (χ4n) is 5.22. The van der Waals surface area contributed by atoms with E-state index in [0.29, 0.717) is 24.8 Å². The topological polar surface area (TPSA) is 162 Å². The molecule has 1 saturated heterocycles. The molecule has 0 radical (unpaired) electrons. The van der Waals surface area contributed by atoms with Crippen molar-refractivity contribution in [1.82, 2.24) is 15.5 Å². The average molecular weight is 549 g/mol. The van der Waals surface area contributed by atoms with Crippen LogP contribution in [-0.2, 0) is 24.0 Å². The molecule has 206 valence electrons. The number of anilines is 1. The van der Waals surface area contributed by atoms with Gasteiger partial charge in [-0.25, -0.2) is 0 Å². The predicted molar refractivity (Wildman–Crippen MR) is 138 cm³/mol. The number of carbonyl (C=O) groups is 6. The van der Waals surface area contributed by atoms with Crippen molar-refractivity contribution >= 4 is 53.2 Å². The van der Waals surface area contributed by atoms with Crippen LogP contribution < -0.4 is 16.0 Å². The molecule has 1 saturated carbocycles. The standard InChI is InChI=1S/C26H33ClN4O7/c1-13(33)28-15-6-8-18(19(27)10-15)23(36)30-22(26(2,3)4)25(38)31-17-7-5-14(9-17)21(31)24(37)29-16(12-32)11-20(34)35/h6,8,10,12,14,16-17,21-22H,5,7,9,11H2,1-4H3,(H,28,33)(H,29,37)(H,30,36)(H,34,35)/t14-,16?,17?,21?,22+/m0/s1. The minimum absolute atomic E-state index is 0.0877. The van der Waals surface area contributed by atoms with E-state index >= 15 is 0 Å². The number of amides is 4. The van der Waals surface area contributed by atoms with Gasteiger partial charge in [-0.3, -0.25) is 24.0 Å². The number of carbonyl (C=O) groups excluding carboxylic acids is 5. The molecule has 1 aromatic rings. The van der Waals surface area contributed by atoms with E-state index in [9.17, 15) is 28.8 Å². The molecule has 1 aromatic carbocycles. The van der Waals surface area contributed by atoms with Crippen LogP contribution >= 0.6 is 11.6 Å². The zero-order chi connectivity index (χ0) is 28.4. The van der Waals surface area contributed by atoms with Crippen LogP contribution in [0.4, 0.5) is 5.69 Å². The normalized spacial score (nSPS) is 21.8. The molecule has 4 amide bonds. The number of piperidine rings is 1. The molecule has 3 unspecified atom stereocenters. The van der Waals surface area contributed by atoms with E-state index in [1.54, 1.807) is 20.8 Å². The highest BCUT2D eigenvalue weighted by atomic mass is 35.5. The molecule has 38 heavy (non-hydrogen) atoms. The lowest BCUT2D eigenvalue weighted by Gasteiger charge is -2.40. The Labute approximate surface area is 225 Å². The van der Waals surface area contributed by atoms with Gasteiger partial charge in [0.05, 0.1) is 23.0 Å². The summed E-state index contributed by atoms with van der Waals surface area (Å²) in [5.41, 5.74) is -0.212. The summed E-state index contributed by atoms with van der Waals surface area (Å²) < 4.78 is 0. The molecule has 2 fully saturated rings. The third kappa shape index (κ3) is 6.50. The van der Waals surface area contributed by atoms with Crippen LogP contribution in [0.2, 0.25) is 5.02 Å². The van der Waals surface area contributed by atoms with Crippen LogP contribution in [0.5, 0.6) is 0 Å². The van der Waals surface area contributed by atoms with Gasteiger partial charge in [0.2, 0.25) is 17.7 Å². The fraction of sp³-hybridized carbons (Fsp3) is 0.538. The molecule has 11 nitrogen and oxygen atoms in total. The summed E-state index contributed by atoms with van der Waals surface area (Å²) >= 11 is 6.30. The third-order valence-corrected chi connectivity index (χ3v) is 7.23. The maximum atomic E-state index is 13.9. The summed E-state index contributed by atoms with van der Waals surface area (Å²) in [6, 6.07) is 1.10. The monoisotopic (exact) mass is 548 g/mol. The first-order chi connectivity index (χ1) is 17.7. The molecule has 1 aliphatic carbocycles. The minimum Gasteiger partial charge on any atom is -0.481 e. The molecule has 2 bridgehead atoms. The zero-order valence-corrected chi connectivity index (χ0v) is 22.5. The molecular weight excluding hydrogens is 516 g/mol. The first kappa shape index (κ1) is 29.1. The first-order valence-corrected chi connectivity index (χ1v) is 12.8. The molecule has 2 aliphatic rings. The Morgan fingerprint density at radius 3 is 2.39 bits per heavy atom. The summed E-state index contributed by atoms with van der Waals surface area (Å²) in [5, 5.41) is 16.9. The molecule has 5 atom stereocenters. The Morgan fingerprint density at radius 1 is 1.16 bits per heavy atom. The van der Waals surface area contributed by atoms with Crippen LogP contribution in [-0.4, -0.2) is 70.1 Å². The van der Waals surface area contributed by atoms with Crippen molar-refractivity contribution in [3.63, 3.8) is 0 Å². The van der Waals surface area contributed by atoms with E-state index in [2.05, 4.69) is 16.0 Å². The molecule has 0 spiro atoms. The molecule has 4 N–H and O–H groups in total. The number of aldehydes is 1. The van der Waals surface area contributed by atoms with Crippen molar-refractivity contribution in [3.05, 3.63) is 28.8 Å². The van der Waals surface area contributed by atoms with Crippen LogP contribution in [0.25, 0.3) is 0 Å². The Bertz CT molecular complexity index is 1150. The third-order valence-electron chi connectivity index (χ3n) is 6.92. The molecule has 12 heteroatoms. The number of benzene rings is 1. The molecular formula is C26H33ClN4O7. The number of aliphatic carboxylic acids is 1. The zero-order valence-electron chi connectivity index (χ0n) is 21.7. The van der Waals surface area contributed by atoms with Gasteiger partial charge in [-0.2, -0.15) is 0 Å². The van der Waals surface area contributed by atoms with E-state index in [0.717, 1.165) is 6.42 Å². The van der Waals surface area contributed by atoms with Crippen molar-refractivity contribution in [2.75, 3.05) is 5.32 Å². The number of likely N-dealkylation sites (tertiary alicyclic amines) is 1. The molecule has 1 heterocycles. The number of rotatable bonds is 9. The lowest BCUT2D eigenvalue weighted by molar-refractivity contribution is -0.147. The van der Waals surface area contributed by atoms with Gasteiger partial charge in [-0.05, 0) is 48.8 Å². The Morgan fingerprint density at radius 2 is 1.84 bits per heavy atom. The number of fused-ring (bicyclic) bond motifs is 2. The second kappa shape index (κ2) is 11.5. The van der Waals surface area contributed by atoms with E-state index in [1.807, 2.05) is 0 Å². The lowest BCUT2D eigenvalue weighted by atomic mass is 9.84. The van der Waals surface area contributed by atoms with Crippen LogP contribution in [0.15, 0.2) is 18.2 Å². The van der Waals surface area contributed by atoms with E-state index in [-0.39, 0.29) is 28.5 Å². The summed E-state index contributed by atoms with van der Waals surface area (Å²) in [6.45, 7) is 6.71. The second-order valence-corrected chi connectivity index (χ2v) is 11.3. The highest BCUT2D eigenvalue weighted by molar-refractivity contribution is 6.34.